The molecular weight excluding hydrogens is 556 g/mol. The summed E-state index contributed by atoms with van der Waals surface area (Å²) in [5.74, 6) is 0. The Morgan fingerprint density at radius 1 is 0.757 bits per heavy atom. The molecule has 1 saturated heterocycles. The van der Waals surface area contributed by atoms with Gasteiger partial charge in [-0.1, -0.05) is 0 Å². The van der Waals surface area contributed by atoms with Crippen LogP contribution in [0.15, 0.2) is 42.5 Å². The Morgan fingerprint density at radius 3 is 1.57 bits per heavy atom. The molecule has 0 bridgehead atoms. The SMILES string of the molecule is CC(O)CC(C)O.CN(C)B1B(N(C)C)N(c2ccc(N(C)C)cc2)[C](=[Pd])N1c1[c-]cc(N(C)C)cc1. The summed E-state index contributed by atoms with van der Waals surface area (Å²) in [6.07, 6.45) is -0.278. The first-order valence-corrected chi connectivity index (χ1v) is 13.3. The molecular formula is C26H43B2N6O2Pd-. The number of hydrogen-bond donors (Lipinski definition) is 2. The van der Waals surface area contributed by atoms with Gasteiger partial charge in [-0.2, -0.15) is 0 Å². The summed E-state index contributed by atoms with van der Waals surface area (Å²) < 4.78 is 1.04. The number of aliphatic hydroxyl groups excluding tert-OH is 2. The zero-order chi connectivity index (χ0) is 28.0. The van der Waals surface area contributed by atoms with E-state index in [-0.39, 0.29) is 26.0 Å². The van der Waals surface area contributed by atoms with Gasteiger partial charge < -0.3 is 10.2 Å². The predicted octanol–water partition coefficient (Wildman–Crippen LogP) is 1.90. The van der Waals surface area contributed by atoms with Crippen molar-refractivity contribution < 1.29 is 29.0 Å². The van der Waals surface area contributed by atoms with Gasteiger partial charge in [-0.25, -0.2) is 0 Å². The molecule has 0 spiro atoms. The minimum atomic E-state index is -0.375. The van der Waals surface area contributed by atoms with Crippen LogP contribution in [0.5, 0.6) is 0 Å². The summed E-state index contributed by atoms with van der Waals surface area (Å²) in [5.41, 5.74) is 4.52. The molecule has 1 heterocycles. The molecule has 0 amide bonds. The summed E-state index contributed by atoms with van der Waals surface area (Å²) in [6, 6.07) is 18.5. The molecule has 0 aromatic heterocycles. The topological polar surface area (TPSA) is 59.9 Å². The molecule has 0 aliphatic carbocycles. The van der Waals surface area contributed by atoms with Gasteiger partial charge in [0.25, 0.3) is 0 Å². The standard InChI is InChI=1S/C21H31B2N6.C5H12O2.Pd/c1-24(2)18-9-13-20(14-10-18)28-17-29(23(27(7)8)22(28)26(5)6)21-15-11-19(12-16-21)25(3)4;1-4(6)3-5(2)7;/h9-15H,1-8H3;4-7H,3H2,1-2H3;/q-1;;. The molecule has 206 valence electrons. The van der Waals surface area contributed by atoms with Crippen molar-refractivity contribution in [2.75, 3.05) is 75.8 Å². The van der Waals surface area contributed by atoms with E-state index in [1.807, 2.05) is 20.2 Å². The van der Waals surface area contributed by atoms with E-state index in [4.69, 9.17) is 10.2 Å². The Labute approximate surface area is 235 Å². The van der Waals surface area contributed by atoms with Crippen molar-refractivity contribution in [1.29, 1.82) is 0 Å². The van der Waals surface area contributed by atoms with E-state index >= 15 is 0 Å². The fourth-order valence-electron chi connectivity index (χ4n) is 4.31. The summed E-state index contributed by atoms with van der Waals surface area (Å²) in [4.78, 5) is 13.4. The Balaban J connectivity index is 0.000000604. The number of anilines is 4. The van der Waals surface area contributed by atoms with Crippen molar-refractivity contribution in [3.8, 4) is 0 Å². The van der Waals surface area contributed by atoms with Crippen molar-refractivity contribution in [3.05, 3.63) is 48.5 Å². The monoisotopic (exact) mass is 599 g/mol. The first-order valence-electron chi connectivity index (χ1n) is 12.5. The molecule has 1 aliphatic rings. The van der Waals surface area contributed by atoms with E-state index in [9.17, 15) is 0 Å². The third kappa shape index (κ3) is 8.06. The van der Waals surface area contributed by atoms with Gasteiger partial charge in [0, 0.05) is 0 Å². The maximum absolute atomic E-state index is 8.56. The molecule has 2 aromatic carbocycles. The van der Waals surface area contributed by atoms with E-state index in [0.29, 0.717) is 6.42 Å². The number of aliphatic hydroxyl groups is 2. The summed E-state index contributed by atoms with van der Waals surface area (Å²) >= 11 is 3.59. The Morgan fingerprint density at radius 2 is 1.22 bits per heavy atom. The summed E-state index contributed by atoms with van der Waals surface area (Å²) in [7, 11) is 16.8. The van der Waals surface area contributed by atoms with Gasteiger partial charge in [0.1, 0.15) is 0 Å². The molecule has 0 radical (unpaired) electrons. The van der Waals surface area contributed by atoms with Crippen LogP contribution >= 0.6 is 0 Å². The van der Waals surface area contributed by atoms with Crippen LogP contribution in [0.25, 0.3) is 0 Å². The number of rotatable bonds is 8. The number of hydrogen-bond acceptors (Lipinski definition) is 8. The van der Waals surface area contributed by atoms with Crippen LogP contribution in [-0.2, 0) is 18.7 Å². The van der Waals surface area contributed by atoms with Crippen molar-refractivity contribution >= 4 is 40.7 Å². The van der Waals surface area contributed by atoms with Crippen molar-refractivity contribution in [3.63, 3.8) is 0 Å². The van der Waals surface area contributed by atoms with Crippen LogP contribution in [0.4, 0.5) is 22.7 Å². The van der Waals surface area contributed by atoms with Crippen LogP contribution in [-0.4, -0.2) is 106 Å². The second-order valence-electron chi connectivity index (χ2n) is 10.4. The van der Waals surface area contributed by atoms with Crippen molar-refractivity contribution in [1.82, 2.24) is 9.62 Å². The van der Waals surface area contributed by atoms with E-state index in [2.05, 4.69) is 133 Å². The Bertz CT molecular complexity index is 910. The molecule has 0 saturated carbocycles. The van der Waals surface area contributed by atoms with E-state index < -0.39 is 0 Å². The van der Waals surface area contributed by atoms with Gasteiger partial charge in [-0.05, 0) is 20.3 Å². The van der Waals surface area contributed by atoms with Crippen molar-refractivity contribution in [2.24, 2.45) is 0 Å². The van der Waals surface area contributed by atoms with Crippen LogP contribution in [0.1, 0.15) is 20.3 Å². The second kappa shape index (κ2) is 13.8. The summed E-state index contributed by atoms with van der Waals surface area (Å²) in [5, 5.41) is 17.1. The minimum absolute atomic E-state index is 0.111. The first-order chi connectivity index (χ1) is 17.3. The molecule has 11 heteroatoms. The predicted molar refractivity (Wildman–Crippen MR) is 157 cm³/mol. The van der Waals surface area contributed by atoms with Gasteiger partial charge in [0.05, 0.1) is 12.2 Å². The molecule has 2 unspecified atom stereocenters. The third-order valence-electron chi connectivity index (χ3n) is 6.10. The molecule has 3 rings (SSSR count). The van der Waals surface area contributed by atoms with Gasteiger partial charge in [-0.3, -0.25) is 0 Å². The van der Waals surface area contributed by atoms with Gasteiger partial charge in [0.15, 0.2) is 0 Å². The molecule has 2 N–H and O–H groups in total. The quantitative estimate of drug-likeness (QED) is 0.353. The van der Waals surface area contributed by atoms with E-state index in [1.165, 1.54) is 5.69 Å². The first kappa shape index (κ1) is 31.4. The van der Waals surface area contributed by atoms with E-state index in [0.717, 1.165) is 21.3 Å². The molecule has 8 nitrogen and oxygen atoms in total. The zero-order valence-corrected chi connectivity index (χ0v) is 25.5. The van der Waals surface area contributed by atoms with Crippen LogP contribution in [0.3, 0.4) is 0 Å². The zero-order valence-electron chi connectivity index (χ0n) is 24.0. The number of nitrogens with zero attached hydrogens (tertiary/aromatic N) is 6. The average molecular weight is 600 g/mol. The molecule has 2 atom stereocenters. The molecule has 1 fully saturated rings. The summed E-state index contributed by atoms with van der Waals surface area (Å²) in [6.45, 7) is 3.55. The van der Waals surface area contributed by atoms with Gasteiger partial charge in [-0.15, -0.1) is 0 Å². The Hall–Kier alpha value is -1.86. The van der Waals surface area contributed by atoms with E-state index in [1.54, 1.807) is 13.8 Å². The number of benzene rings is 2. The fraction of sp³-hybridized carbons (Fsp3) is 0.500. The van der Waals surface area contributed by atoms with Gasteiger partial charge in [0.2, 0.25) is 0 Å². The molecule has 37 heavy (non-hydrogen) atoms. The Kier molecular flexibility index (Phi) is 11.7. The molecule has 2 aromatic rings. The molecule has 1 aliphatic heterocycles. The fourth-order valence-corrected chi connectivity index (χ4v) is 5.11. The van der Waals surface area contributed by atoms with Crippen LogP contribution in [0.2, 0.25) is 0 Å². The van der Waals surface area contributed by atoms with Crippen LogP contribution in [0, 0.1) is 6.07 Å². The van der Waals surface area contributed by atoms with Crippen LogP contribution < -0.4 is 19.4 Å². The van der Waals surface area contributed by atoms with Gasteiger partial charge >= 0.3 is 193 Å². The third-order valence-corrected chi connectivity index (χ3v) is 6.85. The second-order valence-corrected chi connectivity index (χ2v) is 11.1. The average Bonchev–Trinajstić information content (AvgIpc) is 3.12. The van der Waals surface area contributed by atoms with Crippen molar-refractivity contribution in [2.45, 2.75) is 32.5 Å². The normalized spacial score (nSPS) is 15.3. The maximum atomic E-state index is 8.56.